The zero-order valence-corrected chi connectivity index (χ0v) is 15.5. The van der Waals surface area contributed by atoms with Gasteiger partial charge in [-0.25, -0.2) is 4.98 Å². The summed E-state index contributed by atoms with van der Waals surface area (Å²) in [5.74, 6) is 0.218. The summed E-state index contributed by atoms with van der Waals surface area (Å²) in [5.41, 5.74) is 2.95. The van der Waals surface area contributed by atoms with Gasteiger partial charge in [0, 0.05) is 48.2 Å². The second kappa shape index (κ2) is 7.08. The molecule has 0 bridgehead atoms. The molecule has 0 atom stereocenters. The Morgan fingerprint density at radius 2 is 1.89 bits per heavy atom. The van der Waals surface area contributed by atoms with Crippen LogP contribution in [0.5, 0.6) is 0 Å². The van der Waals surface area contributed by atoms with E-state index in [9.17, 15) is 9.59 Å². The van der Waals surface area contributed by atoms with Crippen LogP contribution >= 0.6 is 0 Å². The number of rotatable bonds is 3. The molecule has 0 spiro atoms. The van der Waals surface area contributed by atoms with E-state index < -0.39 is 0 Å². The number of hydrogen-bond donors (Lipinski definition) is 1. The van der Waals surface area contributed by atoms with Crippen LogP contribution in [0.4, 0.5) is 5.82 Å². The van der Waals surface area contributed by atoms with E-state index in [1.807, 2.05) is 31.2 Å². The molecule has 3 heterocycles. The molecule has 0 aliphatic carbocycles. The first-order valence-corrected chi connectivity index (χ1v) is 8.81. The van der Waals surface area contributed by atoms with Gasteiger partial charge in [-0.1, -0.05) is 12.1 Å². The summed E-state index contributed by atoms with van der Waals surface area (Å²) in [4.78, 5) is 33.0. The van der Waals surface area contributed by atoms with Gasteiger partial charge in [0.1, 0.15) is 5.82 Å². The third-order valence-corrected chi connectivity index (χ3v) is 4.60. The zero-order chi connectivity index (χ0) is 19.7. The van der Waals surface area contributed by atoms with E-state index in [1.54, 1.807) is 43.8 Å². The number of pyridine rings is 3. The fourth-order valence-electron chi connectivity index (χ4n) is 3.04. The second-order valence-electron chi connectivity index (χ2n) is 6.62. The van der Waals surface area contributed by atoms with Crippen molar-refractivity contribution in [1.82, 2.24) is 14.5 Å². The van der Waals surface area contributed by atoms with Crippen LogP contribution in [0.3, 0.4) is 0 Å². The number of aryl methyl sites for hydroxylation is 2. The third-order valence-electron chi connectivity index (χ3n) is 4.60. The lowest BCUT2D eigenvalue weighted by molar-refractivity contribution is 0.102. The summed E-state index contributed by atoms with van der Waals surface area (Å²) in [6.07, 6.45) is 5.20. The van der Waals surface area contributed by atoms with E-state index in [2.05, 4.69) is 15.3 Å². The Morgan fingerprint density at radius 1 is 1.04 bits per heavy atom. The maximum Gasteiger partial charge on any atom is 0.256 e. The van der Waals surface area contributed by atoms with Gasteiger partial charge in [-0.3, -0.25) is 14.6 Å². The number of amides is 1. The van der Waals surface area contributed by atoms with E-state index in [0.717, 1.165) is 27.6 Å². The largest absolute Gasteiger partial charge is 0.318 e. The molecule has 138 valence electrons. The average Bonchev–Trinajstić information content (AvgIpc) is 2.71. The van der Waals surface area contributed by atoms with Gasteiger partial charge in [0.2, 0.25) is 5.56 Å². The molecule has 3 aromatic heterocycles. The van der Waals surface area contributed by atoms with E-state index in [-0.39, 0.29) is 11.5 Å². The number of benzene rings is 1. The minimum atomic E-state index is -0.235. The third kappa shape index (κ3) is 3.40. The Morgan fingerprint density at radius 3 is 2.71 bits per heavy atom. The molecule has 0 fully saturated rings. The van der Waals surface area contributed by atoms with Crippen LogP contribution in [0.2, 0.25) is 0 Å². The molecule has 1 aromatic carbocycles. The molecule has 0 saturated carbocycles. The highest BCUT2D eigenvalue weighted by molar-refractivity contribution is 6.06. The highest BCUT2D eigenvalue weighted by Crippen LogP contribution is 2.22. The van der Waals surface area contributed by atoms with E-state index >= 15 is 0 Å². The van der Waals surface area contributed by atoms with Gasteiger partial charge in [0.15, 0.2) is 0 Å². The van der Waals surface area contributed by atoms with Crippen molar-refractivity contribution in [2.24, 2.45) is 7.05 Å². The van der Waals surface area contributed by atoms with Gasteiger partial charge in [0.25, 0.3) is 5.91 Å². The molecule has 1 amide bonds. The van der Waals surface area contributed by atoms with E-state index in [1.165, 1.54) is 10.6 Å². The molecule has 0 radical (unpaired) electrons. The van der Waals surface area contributed by atoms with E-state index in [0.29, 0.717) is 11.4 Å². The Kier molecular flexibility index (Phi) is 4.45. The average molecular weight is 370 g/mol. The molecule has 0 aliphatic rings. The summed E-state index contributed by atoms with van der Waals surface area (Å²) in [6, 6.07) is 14.2. The van der Waals surface area contributed by atoms with Gasteiger partial charge in [-0.2, -0.15) is 0 Å². The van der Waals surface area contributed by atoms with Crippen LogP contribution in [0.15, 0.2) is 71.9 Å². The summed E-state index contributed by atoms with van der Waals surface area (Å²) in [6.45, 7) is 1.94. The smallest absolute Gasteiger partial charge is 0.256 e. The number of carbonyl (C=O) groups excluding carboxylic acids is 1. The highest BCUT2D eigenvalue weighted by atomic mass is 16.1. The molecular formula is C22H18N4O2. The minimum Gasteiger partial charge on any atom is -0.318 e. The van der Waals surface area contributed by atoms with Crippen LogP contribution in [-0.4, -0.2) is 20.4 Å². The van der Waals surface area contributed by atoms with Crippen molar-refractivity contribution in [1.29, 1.82) is 0 Å². The molecule has 6 nitrogen and oxygen atoms in total. The normalized spacial score (nSPS) is 10.8. The van der Waals surface area contributed by atoms with Crippen molar-refractivity contribution in [3.05, 3.63) is 88.6 Å². The predicted molar refractivity (Wildman–Crippen MR) is 109 cm³/mol. The highest BCUT2D eigenvalue weighted by Gasteiger charge is 2.11. The van der Waals surface area contributed by atoms with Gasteiger partial charge in [-0.15, -0.1) is 0 Å². The number of anilines is 1. The summed E-state index contributed by atoms with van der Waals surface area (Å²) >= 11 is 0. The first-order valence-electron chi connectivity index (χ1n) is 8.81. The molecule has 1 N–H and O–H groups in total. The predicted octanol–water partition coefficient (Wildman–Crippen LogP) is 3.56. The number of nitrogens with zero attached hydrogens (tertiary/aromatic N) is 3. The molecule has 4 rings (SSSR count). The maximum atomic E-state index is 12.7. The molecular weight excluding hydrogens is 352 g/mol. The van der Waals surface area contributed by atoms with Crippen molar-refractivity contribution in [3.63, 3.8) is 0 Å². The Hall–Kier alpha value is -3.80. The number of hydrogen-bond acceptors (Lipinski definition) is 4. The van der Waals surface area contributed by atoms with Crippen LogP contribution < -0.4 is 10.9 Å². The summed E-state index contributed by atoms with van der Waals surface area (Å²) < 4.78 is 1.51. The first-order chi connectivity index (χ1) is 13.5. The Balaban J connectivity index is 1.64. The zero-order valence-electron chi connectivity index (χ0n) is 15.5. The van der Waals surface area contributed by atoms with E-state index in [4.69, 9.17) is 0 Å². The van der Waals surface area contributed by atoms with Gasteiger partial charge in [-0.05, 0) is 48.2 Å². The van der Waals surface area contributed by atoms with Crippen LogP contribution in [0.1, 0.15) is 15.9 Å². The quantitative estimate of drug-likeness (QED) is 0.598. The summed E-state index contributed by atoms with van der Waals surface area (Å²) in [7, 11) is 1.70. The standard InChI is InChI=1S/C22H18N4O2/c1-14-3-7-19(24-21(14)18-6-8-20(27)26(2)13-18)25-22(28)16-4-5-17-12-23-10-9-15(17)11-16/h3-13H,1-2H3,(H,24,25,28). The monoisotopic (exact) mass is 370 g/mol. The van der Waals surface area contributed by atoms with Gasteiger partial charge >= 0.3 is 0 Å². The van der Waals surface area contributed by atoms with Crippen LogP contribution in [0.25, 0.3) is 22.0 Å². The van der Waals surface area contributed by atoms with Crippen molar-refractivity contribution >= 4 is 22.5 Å². The Bertz CT molecular complexity index is 1260. The Labute approximate surface area is 161 Å². The SMILES string of the molecule is Cc1ccc(NC(=O)c2ccc3cnccc3c2)nc1-c1ccc(=O)n(C)c1. The number of aromatic nitrogens is 3. The first kappa shape index (κ1) is 17.6. The minimum absolute atomic E-state index is 0.0858. The molecule has 4 aromatic rings. The van der Waals surface area contributed by atoms with Gasteiger partial charge in [0.05, 0.1) is 5.69 Å². The summed E-state index contributed by atoms with van der Waals surface area (Å²) in [5, 5.41) is 4.78. The fourth-order valence-corrected chi connectivity index (χ4v) is 3.04. The lowest BCUT2D eigenvalue weighted by atomic mass is 10.1. The van der Waals surface area contributed by atoms with Crippen LogP contribution in [-0.2, 0) is 7.05 Å². The molecule has 0 unspecified atom stereocenters. The van der Waals surface area contributed by atoms with Crippen molar-refractivity contribution < 1.29 is 4.79 Å². The topological polar surface area (TPSA) is 76.9 Å². The second-order valence-corrected chi connectivity index (χ2v) is 6.62. The van der Waals surface area contributed by atoms with Gasteiger partial charge < -0.3 is 9.88 Å². The lowest BCUT2D eigenvalue weighted by Gasteiger charge is -2.10. The van der Waals surface area contributed by atoms with Crippen molar-refractivity contribution in [2.45, 2.75) is 6.92 Å². The number of fused-ring (bicyclic) bond motifs is 1. The fraction of sp³-hybridized carbons (Fsp3) is 0.0909. The molecule has 0 aliphatic heterocycles. The maximum absolute atomic E-state index is 12.7. The molecule has 0 saturated heterocycles. The number of nitrogens with one attached hydrogen (secondary N) is 1. The lowest BCUT2D eigenvalue weighted by Crippen LogP contribution is -2.15. The van der Waals surface area contributed by atoms with Crippen molar-refractivity contribution in [3.8, 4) is 11.3 Å². The molecule has 28 heavy (non-hydrogen) atoms. The number of carbonyl (C=O) groups is 1. The van der Waals surface area contributed by atoms with Crippen LogP contribution in [0, 0.1) is 6.92 Å². The van der Waals surface area contributed by atoms with Crippen molar-refractivity contribution in [2.75, 3.05) is 5.32 Å². The molecule has 6 heteroatoms.